The minimum absolute atomic E-state index is 0.148. The van der Waals surface area contributed by atoms with Crippen molar-refractivity contribution in [2.75, 3.05) is 6.61 Å². The van der Waals surface area contributed by atoms with Crippen LogP contribution in [0.1, 0.15) is 0 Å². The van der Waals surface area contributed by atoms with Gasteiger partial charge in [-0.05, 0) is 0 Å². The molecule has 0 saturated carbocycles. The fourth-order valence-electron chi connectivity index (χ4n) is 1.11. The van der Waals surface area contributed by atoms with Crippen LogP contribution in [0.25, 0.3) is 0 Å². The third kappa shape index (κ3) is 2.84. The van der Waals surface area contributed by atoms with Crippen molar-refractivity contribution in [2.24, 2.45) is 0 Å². The van der Waals surface area contributed by atoms with Crippen molar-refractivity contribution in [2.45, 2.75) is 31.5 Å². The molecule has 0 radical (unpaired) electrons. The molecule has 7 heteroatoms. The van der Waals surface area contributed by atoms with Crippen LogP contribution in [-0.2, 0) is 13.6 Å². The summed E-state index contributed by atoms with van der Waals surface area (Å²) < 4.78 is 44.7. The normalized spacial score (nSPS) is 41.9. The number of hydrogen-bond acceptors (Lipinski definition) is 3. The second-order valence-electron chi connectivity index (χ2n) is 4.16. The lowest BCUT2D eigenvalue weighted by molar-refractivity contribution is -0.0171. The summed E-state index contributed by atoms with van der Waals surface area (Å²) in [4.78, 5) is 0. The Labute approximate surface area is 77.1 Å². The minimum Gasteiger partial charge on any atom is -0.283 e. The Morgan fingerprint density at radius 3 is 2.38 bits per heavy atom. The van der Waals surface area contributed by atoms with Gasteiger partial charge in [-0.3, -0.25) is 4.52 Å². The van der Waals surface area contributed by atoms with Crippen LogP contribution in [-0.4, -0.2) is 21.0 Å². The Hall–Kier alpha value is 0.227. The van der Waals surface area contributed by atoms with Crippen LogP contribution in [0.5, 0.6) is 0 Å². The van der Waals surface area contributed by atoms with Crippen molar-refractivity contribution in [3.63, 3.8) is 0 Å². The van der Waals surface area contributed by atoms with E-state index in [1.54, 1.807) is 0 Å². The zero-order chi connectivity index (χ0) is 10.3. The van der Waals surface area contributed by atoms with E-state index in [0.29, 0.717) is 0 Å². The molecule has 3 nitrogen and oxygen atoms in total. The Morgan fingerprint density at radius 1 is 1.46 bits per heavy atom. The van der Waals surface area contributed by atoms with Gasteiger partial charge in [0, 0.05) is 5.54 Å². The van der Waals surface area contributed by atoms with E-state index in [2.05, 4.69) is 9.05 Å². The number of halogens is 2. The Bertz CT molecular complexity index is 243. The summed E-state index contributed by atoms with van der Waals surface area (Å²) in [6.07, 6.45) is -1.80. The van der Waals surface area contributed by atoms with E-state index >= 15 is 0 Å². The maximum absolute atomic E-state index is 13.2. The van der Waals surface area contributed by atoms with E-state index in [9.17, 15) is 13.2 Å². The predicted octanol–water partition coefficient (Wildman–Crippen LogP) is 3.11. The highest BCUT2D eigenvalue weighted by Crippen LogP contribution is 2.57. The molecule has 1 rings (SSSR count). The van der Waals surface area contributed by atoms with Crippen LogP contribution in [0.15, 0.2) is 0 Å². The maximum Gasteiger partial charge on any atom is 0.515 e. The molecule has 1 aliphatic heterocycles. The van der Waals surface area contributed by atoms with Crippen molar-refractivity contribution in [1.29, 1.82) is 0 Å². The van der Waals surface area contributed by atoms with Crippen molar-refractivity contribution in [3.8, 4) is 0 Å². The van der Waals surface area contributed by atoms with Crippen molar-refractivity contribution >= 4 is 16.0 Å². The predicted molar refractivity (Wildman–Crippen MR) is 47.7 cm³/mol. The first-order valence-electron chi connectivity index (χ1n) is 3.99. The largest absolute Gasteiger partial charge is 0.515 e. The molecular formula is C6H13F2O3PSi. The van der Waals surface area contributed by atoms with Crippen LogP contribution in [0.3, 0.4) is 0 Å². The maximum atomic E-state index is 13.2. The molecule has 0 aromatic heterocycles. The van der Waals surface area contributed by atoms with E-state index < -0.39 is 27.9 Å². The molecule has 13 heavy (non-hydrogen) atoms. The zero-order valence-corrected chi connectivity index (χ0v) is 9.68. The number of alkyl halides is 1. The second kappa shape index (κ2) is 3.42. The first-order chi connectivity index (χ1) is 5.72. The molecule has 1 saturated heterocycles. The summed E-state index contributed by atoms with van der Waals surface area (Å²) >= 11 is 0. The Balaban J connectivity index is 2.70. The van der Waals surface area contributed by atoms with Gasteiger partial charge in [-0.25, -0.2) is 13.5 Å². The lowest BCUT2D eigenvalue weighted by Crippen LogP contribution is -2.40. The first-order valence-corrected chi connectivity index (χ1v) is 9.00. The highest BCUT2D eigenvalue weighted by atomic mass is 31.2. The van der Waals surface area contributed by atoms with Crippen molar-refractivity contribution in [3.05, 3.63) is 0 Å². The standard InChI is InChI=1S/C6H13F2O3PSi/c1-13(2,3)5-4-10-12(8,9)11-6(5)7/h5-6H,4H2,1-3H3. The molecule has 1 fully saturated rings. The summed E-state index contributed by atoms with van der Waals surface area (Å²) in [6.45, 7) is 5.62. The van der Waals surface area contributed by atoms with Gasteiger partial charge >= 0.3 is 7.91 Å². The lowest BCUT2D eigenvalue weighted by Gasteiger charge is -2.34. The van der Waals surface area contributed by atoms with Gasteiger partial charge in [0.15, 0.2) is 0 Å². The molecule has 1 aliphatic rings. The molecule has 0 N–H and O–H groups in total. The SMILES string of the molecule is C[Si](C)(C)C1COP(=O)(F)OC1F. The lowest BCUT2D eigenvalue weighted by atomic mass is 10.4. The molecule has 0 aliphatic carbocycles. The van der Waals surface area contributed by atoms with Crippen LogP contribution >= 0.6 is 7.91 Å². The van der Waals surface area contributed by atoms with Crippen molar-refractivity contribution < 1.29 is 22.2 Å². The summed E-state index contributed by atoms with van der Waals surface area (Å²) in [6, 6.07) is 0. The molecule has 0 aromatic rings. The molecule has 0 bridgehead atoms. The van der Waals surface area contributed by atoms with E-state index in [1.807, 2.05) is 19.6 Å². The Morgan fingerprint density at radius 2 is 2.00 bits per heavy atom. The third-order valence-electron chi connectivity index (χ3n) is 2.06. The topological polar surface area (TPSA) is 35.5 Å². The molecule has 0 aromatic carbocycles. The summed E-state index contributed by atoms with van der Waals surface area (Å²) in [5, 5.41) is 0. The van der Waals surface area contributed by atoms with Gasteiger partial charge in [0.25, 0.3) is 0 Å². The fraction of sp³-hybridized carbons (Fsp3) is 1.00. The quantitative estimate of drug-likeness (QED) is 0.513. The molecule has 0 amide bonds. The Kier molecular flexibility index (Phi) is 2.97. The van der Waals surface area contributed by atoms with E-state index in [4.69, 9.17) is 0 Å². The average Bonchev–Trinajstić information content (AvgIpc) is 1.80. The molecular weight excluding hydrogens is 217 g/mol. The van der Waals surface area contributed by atoms with Gasteiger partial charge in [0.05, 0.1) is 14.7 Å². The number of hydrogen-bond donors (Lipinski definition) is 0. The minimum atomic E-state index is -4.60. The van der Waals surface area contributed by atoms with Gasteiger partial charge < -0.3 is 0 Å². The summed E-state index contributed by atoms with van der Waals surface area (Å²) in [7, 11) is -6.40. The van der Waals surface area contributed by atoms with Gasteiger partial charge in [-0.2, -0.15) is 0 Å². The monoisotopic (exact) mass is 230 g/mol. The highest BCUT2D eigenvalue weighted by molar-refractivity contribution is 7.48. The number of rotatable bonds is 1. The first kappa shape index (κ1) is 11.3. The third-order valence-corrected chi connectivity index (χ3v) is 5.63. The molecule has 78 valence electrons. The fourth-order valence-corrected chi connectivity index (χ4v) is 3.59. The van der Waals surface area contributed by atoms with Crippen LogP contribution in [0.4, 0.5) is 8.59 Å². The molecule has 0 spiro atoms. The van der Waals surface area contributed by atoms with E-state index in [0.717, 1.165) is 0 Å². The zero-order valence-electron chi connectivity index (χ0n) is 7.79. The van der Waals surface area contributed by atoms with Crippen LogP contribution < -0.4 is 0 Å². The van der Waals surface area contributed by atoms with Gasteiger partial charge in [-0.15, -0.1) is 4.20 Å². The molecule has 3 atom stereocenters. The molecule has 1 heterocycles. The second-order valence-corrected chi connectivity index (χ2v) is 11.0. The van der Waals surface area contributed by atoms with E-state index in [1.165, 1.54) is 0 Å². The smallest absolute Gasteiger partial charge is 0.283 e. The highest BCUT2D eigenvalue weighted by Gasteiger charge is 2.45. The summed E-state index contributed by atoms with van der Waals surface area (Å²) in [5.41, 5.74) is -0.453. The average molecular weight is 230 g/mol. The van der Waals surface area contributed by atoms with Gasteiger partial charge in [0.2, 0.25) is 6.36 Å². The van der Waals surface area contributed by atoms with Crippen LogP contribution in [0, 0.1) is 0 Å². The van der Waals surface area contributed by atoms with Gasteiger partial charge in [0.1, 0.15) is 0 Å². The molecule has 3 unspecified atom stereocenters. The van der Waals surface area contributed by atoms with Gasteiger partial charge in [-0.1, -0.05) is 19.6 Å². The summed E-state index contributed by atoms with van der Waals surface area (Å²) in [5.74, 6) is 0. The van der Waals surface area contributed by atoms with E-state index in [-0.39, 0.29) is 6.61 Å². The van der Waals surface area contributed by atoms with Crippen molar-refractivity contribution in [1.82, 2.24) is 0 Å². The van der Waals surface area contributed by atoms with Crippen LogP contribution in [0.2, 0.25) is 25.2 Å².